The van der Waals surface area contributed by atoms with Crippen molar-refractivity contribution in [2.24, 2.45) is 10.3 Å². The Morgan fingerprint density at radius 2 is 1.78 bits per heavy atom. The number of fused-ring (bicyclic) bond motifs is 1. The van der Waals surface area contributed by atoms with Gasteiger partial charge in [0.15, 0.2) is 12.1 Å². The van der Waals surface area contributed by atoms with Crippen molar-refractivity contribution < 1.29 is 23.9 Å². The van der Waals surface area contributed by atoms with E-state index in [1.165, 1.54) is 25.3 Å². The van der Waals surface area contributed by atoms with Crippen LogP contribution in [-0.2, 0) is 14.4 Å². The highest BCUT2D eigenvalue weighted by molar-refractivity contribution is 6.32. The van der Waals surface area contributed by atoms with E-state index in [4.69, 9.17) is 21.1 Å². The first-order valence-electron chi connectivity index (χ1n) is 9.67. The third-order valence-electron chi connectivity index (χ3n) is 5.20. The molecule has 0 radical (unpaired) electrons. The summed E-state index contributed by atoms with van der Waals surface area (Å²) >= 11 is 6.14. The van der Waals surface area contributed by atoms with Crippen LogP contribution < -0.4 is 19.7 Å². The van der Waals surface area contributed by atoms with Crippen molar-refractivity contribution >= 4 is 40.7 Å². The molecule has 2 aromatic rings. The highest BCUT2D eigenvalue weighted by Gasteiger charge is 2.55. The molecule has 0 aliphatic carbocycles. The van der Waals surface area contributed by atoms with Crippen LogP contribution in [0.1, 0.15) is 5.56 Å². The van der Waals surface area contributed by atoms with Crippen molar-refractivity contribution in [2.75, 3.05) is 31.0 Å². The van der Waals surface area contributed by atoms with Gasteiger partial charge in [0.25, 0.3) is 11.8 Å². The molecule has 11 heteroatoms. The minimum atomic E-state index is -0.985. The number of aryl methyl sites for hydroxylation is 1. The molecule has 166 valence electrons. The van der Waals surface area contributed by atoms with Gasteiger partial charge in [-0.2, -0.15) is 5.11 Å². The van der Waals surface area contributed by atoms with Crippen LogP contribution in [0, 0.1) is 6.92 Å². The van der Waals surface area contributed by atoms with E-state index in [1.807, 2.05) is 19.1 Å². The fourth-order valence-corrected chi connectivity index (χ4v) is 3.84. The molecule has 0 bridgehead atoms. The van der Waals surface area contributed by atoms with Crippen LogP contribution in [-0.4, -0.2) is 55.6 Å². The fourth-order valence-electron chi connectivity index (χ4n) is 3.60. The van der Waals surface area contributed by atoms with Crippen LogP contribution in [0.4, 0.5) is 11.4 Å². The number of nitrogens with zero attached hydrogens (tertiary/aromatic N) is 4. The maximum Gasteiger partial charge on any atom is 0.263 e. The van der Waals surface area contributed by atoms with Gasteiger partial charge in [0.05, 0.1) is 30.6 Å². The van der Waals surface area contributed by atoms with E-state index in [1.54, 1.807) is 18.2 Å². The van der Waals surface area contributed by atoms with E-state index >= 15 is 0 Å². The number of ether oxygens (including phenoxy) is 2. The summed E-state index contributed by atoms with van der Waals surface area (Å²) in [5.74, 6) is -0.703. The van der Waals surface area contributed by atoms with Crippen LogP contribution >= 0.6 is 11.6 Å². The monoisotopic (exact) mass is 457 g/mol. The largest absolute Gasteiger partial charge is 0.495 e. The van der Waals surface area contributed by atoms with Crippen molar-refractivity contribution in [1.29, 1.82) is 0 Å². The van der Waals surface area contributed by atoms with Crippen molar-refractivity contribution in [3.05, 3.63) is 47.0 Å². The van der Waals surface area contributed by atoms with E-state index in [-0.39, 0.29) is 11.6 Å². The molecular formula is C21H20ClN5O5. The standard InChI is InChI=1S/C21H20ClN5O5/c1-11-4-6-12(7-5-11)27-20(29)18-19(21(27)30)26(25-24-18)10-17(28)23-14-8-13(22)15(31-2)9-16(14)32-3/h4-9,18-19H,10H2,1-3H3,(H,23,28)/t18-,19+/m0/s1. The molecule has 1 saturated heterocycles. The van der Waals surface area contributed by atoms with Gasteiger partial charge in [-0.15, -0.1) is 0 Å². The van der Waals surface area contributed by atoms with Crippen molar-refractivity contribution in [3.63, 3.8) is 0 Å². The third kappa shape index (κ3) is 3.73. The Bertz CT molecular complexity index is 1120. The number of anilines is 2. The molecule has 0 spiro atoms. The van der Waals surface area contributed by atoms with Gasteiger partial charge in [0.2, 0.25) is 5.91 Å². The number of carbonyl (C=O) groups excluding carboxylic acids is 3. The molecular weight excluding hydrogens is 438 g/mol. The molecule has 2 aliphatic heterocycles. The number of imide groups is 1. The first-order chi connectivity index (χ1) is 15.3. The number of hydrogen-bond acceptors (Lipinski definition) is 8. The number of hydrogen-bond donors (Lipinski definition) is 1. The maximum absolute atomic E-state index is 13.0. The molecule has 4 rings (SSSR count). The molecule has 0 saturated carbocycles. The summed E-state index contributed by atoms with van der Waals surface area (Å²) in [6.45, 7) is 1.61. The van der Waals surface area contributed by atoms with Crippen molar-refractivity contribution in [2.45, 2.75) is 19.0 Å². The summed E-state index contributed by atoms with van der Waals surface area (Å²) in [5, 5.41) is 12.0. The predicted molar refractivity (Wildman–Crippen MR) is 116 cm³/mol. The summed E-state index contributed by atoms with van der Waals surface area (Å²) < 4.78 is 10.4. The van der Waals surface area contributed by atoms with Gasteiger partial charge in [0.1, 0.15) is 18.0 Å². The number of amides is 3. The maximum atomic E-state index is 13.0. The van der Waals surface area contributed by atoms with Crippen LogP contribution in [0.25, 0.3) is 0 Å². The van der Waals surface area contributed by atoms with Crippen molar-refractivity contribution in [1.82, 2.24) is 5.01 Å². The van der Waals surface area contributed by atoms with E-state index in [9.17, 15) is 14.4 Å². The summed E-state index contributed by atoms with van der Waals surface area (Å²) in [6, 6.07) is 8.09. The second kappa shape index (κ2) is 8.46. The van der Waals surface area contributed by atoms with Crippen molar-refractivity contribution in [3.8, 4) is 11.5 Å². The van der Waals surface area contributed by atoms with Gasteiger partial charge in [-0.25, -0.2) is 4.90 Å². The van der Waals surface area contributed by atoms with Gasteiger partial charge in [-0.3, -0.25) is 19.4 Å². The lowest BCUT2D eigenvalue weighted by Crippen LogP contribution is -2.43. The van der Waals surface area contributed by atoms with E-state index < -0.39 is 29.8 Å². The molecule has 10 nitrogen and oxygen atoms in total. The van der Waals surface area contributed by atoms with Crippen LogP contribution in [0.3, 0.4) is 0 Å². The van der Waals surface area contributed by atoms with Crippen LogP contribution in [0.5, 0.6) is 11.5 Å². The Kier molecular flexibility index (Phi) is 5.70. The Balaban J connectivity index is 1.49. The lowest BCUT2D eigenvalue weighted by atomic mass is 10.1. The predicted octanol–water partition coefficient (Wildman–Crippen LogP) is 2.60. The normalized spacial score (nSPS) is 19.4. The molecule has 2 heterocycles. The number of rotatable bonds is 6. The Hall–Kier alpha value is -3.66. The molecule has 2 aromatic carbocycles. The summed E-state index contributed by atoms with van der Waals surface area (Å²) in [6.07, 6.45) is 0. The molecule has 32 heavy (non-hydrogen) atoms. The fraction of sp³-hybridized carbons (Fsp3) is 0.286. The highest BCUT2D eigenvalue weighted by atomic mass is 35.5. The second-order valence-electron chi connectivity index (χ2n) is 7.27. The van der Waals surface area contributed by atoms with Gasteiger partial charge < -0.3 is 14.8 Å². The Morgan fingerprint density at radius 1 is 1.09 bits per heavy atom. The average molecular weight is 458 g/mol. The minimum Gasteiger partial charge on any atom is -0.495 e. The van der Waals surface area contributed by atoms with E-state index in [0.29, 0.717) is 22.9 Å². The zero-order chi connectivity index (χ0) is 23.0. The first-order valence-corrected chi connectivity index (χ1v) is 10.0. The van der Waals surface area contributed by atoms with Gasteiger partial charge in [-0.05, 0) is 25.1 Å². The first kappa shape index (κ1) is 21.6. The summed E-state index contributed by atoms with van der Waals surface area (Å²) in [5.41, 5.74) is 1.78. The number of benzene rings is 2. The molecule has 2 aliphatic rings. The highest BCUT2D eigenvalue weighted by Crippen LogP contribution is 2.36. The number of carbonyl (C=O) groups is 3. The lowest BCUT2D eigenvalue weighted by molar-refractivity contribution is -0.123. The molecule has 3 amide bonds. The van der Waals surface area contributed by atoms with E-state index in [0.717, 1.165) is 10.5 Å². The smallest absolute Gasteiger partial charge is 0.263 e. The topological polar surface area (TPSA) is 113 Å². The molecule has 0 aromatic heterocycles. The zero-order valence-electron chi connectivity index (χ0n) is 17.5. The minimum absolute atomic E-state index is 0.287. The molecule has 0 unspecified atom stereocenters. The average Bonchev–Trinajstić information content (AvgIpc) is 3.28. The zero-order valence-corrected chi connectivity index (χ0v) is 18.3. The summed E-state index contributed by atoms with van der Waals surface area (Å²) in [7, 11) is 2.91. The van der Waals surface area contributed by atoms with Crippen LogP contribution in [0.2, 0.25) is 5.02 Å². The van der Waals surface area contributed by atoms with E-state index in [2.05, 4.69) is 15.7 Å². The lowest BCUT2D eigenvalue weighted by Gasteiger charge is -2.20. The van der Waals surface area contributed by atoms with Gasteiger partial charge in [0, 0.05) is 6.07 Å². The van der Waals surface area contributed by atoms with Gasteiger partial charge >= 0.3 is 0 Å². The Labute approximate surface area is 188 Å². The Morgan fingerprint density at radius 3 is 2.44 bits per heavy atom. The summed E-state index contributed by atoms with van der Waals surface area (Å²) in [4.78, 5) is 39.5. The molecule has 1 fully saturated rings. The molecule has 1 N–H and O–H groups in total. The second-order valence-corrected chi connectivity index (χ2v) is 7.68. The van der Waals surface area contributed by atoms with Crippen LogP contribution in [0.15, 0.2) is 46.7 Å². The third-order valence-corrected chi connectivity index (χ3v) is 5.50. The number of methoxy groups -OCH3 is 2. The number of halogens is 1. The molecule has 2 atom stereocenters. The SMILES string of the molecule is COc1cc(OC)c(NC(=O)CN2N=N[C@@H]3C(=O)N(c4ccc(C)cc4)C(=O)[C@@H]32)cc1Cl. The van der Waals surface area contributed by atoms with Gasteiger partial charge in [-0.1, -0.05) is 34.5 Å². The quantitative estimate of drug-likeness (QED) is 0.667. The number of nitrogens with one attached hydrogen (secondary N) is 1.